The fraction of sp³-hybridized carbons (Fsp3) is 0.634. The summed E-state index contributed by atoms with van der Waals surface area (Å²) in [6, 6.07) is -3.12. The van der Waals surface area contributed by atoms with Gasteiger partial charge in [0.15, 0.2) is 0 Å². The summed E-state index contributed by atoms with van der Waals surface area (Å²) < 4.78 is 16.0. The molecular weight excluding hydrogens is 800 g/mol. The van der Waals surface area contributed by atoms with E-state index in [9.17, 15) is 53.6 Å². The fourth-order valence-corrected chi connectivity index (χ4v) is 5.80. The van der Waals surface area contributed by atoms with E-state index in [1.807, 2.05) is 0 Å². The molecule has 0 bridgehead atoms. The number of carbonyl (C=O) groups is 9. The zero-order chi connectivity index (χ0) is 46.1. The molecule has 0 spiro atoms. The standard InChI is InChI=1S/C41H64N6O14/c1-27-12-11-21-59-39(54)34(43-31(5)49)14-9-20-47(58)38(53)26-29(3)17-23-61-40(55)33(42-30(4)48)13-8-18-45(7)36(51)24-28(2)16-22-60-41(56)35(44-32(6)50)15-10-19-46(57)37(52)25-27/h24-26,33-35,57-58H,8-23H2,1-7H3,(H,42,48)(H,43,49)(H,44,50). The lowest BCUT2D eigenvalue weighted by atomic mass is 10.1. The predicted molar refractivity (Wildman–Crippen MR) is 218 cm³/mol. The highest BCUT2D eigenvalue weighted by atomic mass is 16.5. The zero-order valence-electron chi connectivity index (χ0n) is 36.4. The molecule has 1 rings (SSSR count). The Morgan fingerprint density at radius 1 is 0.525 bits per heavy atom. The number of nitrogens with one attached hydrogen (secondary N) is 3. The summed E-state index contributed by atoms with van der Waals surface area (Å²) in [7, 11) is 1.57. The van der Waals surface area contributed by atoms with Crippen LogP contribution in [0.1, 0.15) is 106 Å². The number of allylic oxidation sites excluding steroid dienone is 1. The van der Waals surface area contributed by atoms with Crippen LogP contribution in [0.15, 0.2) is 34.9 Å². The van der Waals surface area contributed by atoms with Crippen LogP contribution >= 0.6 is 0 Å². The normalized spacial score (nSPS) is 22.3. The Balaban J connectivity index is 3.13. The molecule has 61 heavy (non-hydrogen) atoms. The van der Waals surface area contributed by atoms with Crippen LogP contribution in [0.5, 0.6) is 0 Å². The number of carbonyl (C=O) groups excluding carboxylic acids is 9. The number of nitrogens with zero attached hydrogens (tertiary/aromatic N) is 3. The van der Waals surface area contributed by atoms with Crippen LogP contribution in [0.25, 0.3) is 0 Å². The van der Waals surface area contributed by atoms with E-state index >= 15 is 0 Å². The second-order valence-electron chi connectivity index (χ2n) is 14.9. The van der Waals surface area contributed by atoms with Crippen molar-refractivity contribution < 1.29 is 67.8 Å². The first-order valence-corrected chi connectivity index (χ1v) is 20.3. The molecule has 6 amide bonds. The van der Waals surface area contributed by atoms with Crippen LogP contribution < -0.4 is 16.0 Å². The summed E-state index contributed by atoms with van der Waals surface area (Å²) in [5, 5.41) is 29.1. The molecule has 342 valence electrons. The number of rotatable bonds is 3. The molecule has 0 aromatic heterocycles. The molecule has 1 heterocycles. The van der Waals surface area contributed by atoms with Gasteiger partial charge in [-0.15, -0.1) is 0 Å². The summed E-state index contributed by atoms with van der Waals surface area (Å²) in [6.07, 6.45) is 5.52. The number of likely N-dealkylation sites (N-methyl/N-ethyl adjacent to an activating group) is 1. The fourth-order valence-electron chi connectivity index (χ4n) is 5.80. The van der Waals surface area contributed by atoms with Gasteiger partial charge in [-0.25, -0.2) is 24.5 Å². The van der Waals surface area contributed by atoms with E-state index < -0.39 is 65.6 Å². The molecule has 0 saturated carbocycles. The molecule has 5 N–H and O–H groups in total. The van der Waals surface area contributed by atoms with Crippen LogP contribution in [-0.2, 0) is 57.4 Å². The Hall–Kier alpha value is -5.63. The van der Waals surface area contributed by atoms with Crippen molar-refractivity contribution in [2.75, 3.05) is 46.5 Å². The van der Waals surface area contributed by atoms with Gasteiger partial charge < -0.3 is 35.1 Å². The van der Waals surface area contributed by atoms with E-state index in [4.69, 9.17) is 14.2 Å². The van der Waals surface area contributed by atoms with Crippen LogP contribution in [0.4, 0.5) is 0 Å². The highest BCUT2D eigenvalue weighted by Crippen LogP contribution is 2.11. The van der Waals surface area contributed by atoms with E-state index in [-0.39, 0.29) is 90.3 Å². The minimum Gasteiger partial charge on any atom is -0.464 e. The van der Waals surface area contributed by atoms with Crippen molar-refractivity contribution in [1.29, 1.82) is 0 Å². The summed E-state index contributed by atoms with van der Waals surface area (Å²) in [5.41, 5.74) is 1.65. The smallest absolute Gasteiger partial charge is 0.328 e. The quantitative estimate of drug-likeness (QED) is 0.154. The largest absolute Gasteiger partial charge is 0.464 e. The Morgan fingerprint density at radius 3 is 1.23 bits per heavy atom. The molecule has 20 heteroatoms. The van der Waals surface area contributed by atoms with E-state index in [0.717, 1.165) is 6.08 Å². The van der Waals surface area contributed by atoms with Crippen molar-refractivity contribution in [2.24, 2.45) is 0 Å². The van der Waals surface area contributed by atoms with E-state index in [1.165, 1.54) is 37.8 Å². The van der Waals surface area contributed by atoms with Gasteiger partial charge in [-0.05, 0) is 72.1 Å². The molecule has 0 saturated heterocycles. The molecule has 0 fully saturated rings. The van der Waals surface area contributed by atoms with Crippen LogP contribution in [-0.4, -0.2) is 143 Å². The molecule has 0 aromatic carbocycles. The summed E-state index contributed by atoms with van der Waals surface area (Å²) in [6.45, 7) is 8.24. The maximum Gasteiger partial charge on any atom is 0.328 e. The van der Waals surface area contributed by atoms with Crippen LogP contribution in [0.2, 0.25) is 0 Å². The minimum absolute atomic E-state index is 0.0344. The van der Waals surface area contributed by atoms with Crippen molar-refractivity contribution >= 4 is 53.4 Å². The number of ether oxygens (including phenoxy) is 3. The third kappa shape index (κ3) is 23.7. The number of hydroxylamine groups is 4. The van der Waals surface area contributed by atoms with Gasteiger partial charge in [-0.3, -0.25) is 39.2 Å². The number of esters is 3. The average Bonchev–Trinajstić information content (AvgIpc) is 3.16. The molecule has 1 aliphatic heterocycles. The molecule has 0 aliphatic carbocycles. The number of hydrogen-bond acceptors (Lipinski definition) is 14. The number of cyclic esters (lactones) is 3. The first kappa shape index (κ1) is 53.4. The third-order valence-corrected chi connectivity index (χ3v) is 9.13. The van der Waals surface area contributed by atoms with Crippen molar-refractivity contribution in [2.45, 2.75) is 124 Å². The Labute approximate surface area is 356 Å². The van der Waals surface area contributed by atoms with Gasteiger partial charge in [0.05, 0.1) is 19.8 Å². The lowest BCUT2D eigenvalue weighted by molar-refractivity contribution is -0.160. The molecule has 20 nitrogen and oxygen atoms in total. The molecule has 3 atom stereocenters. The number of amides is 6. The minimum atomic E-state index is -1.06. The van der Waals surface area contributed by atoms with Gasteiger partial charge in [0.2, 0.25) is 23.6 Å². The summed E-state index contributed by atoms with van der Waals surface area (Å²) >= 11 is 0. The molecule has 3 unspecified atom stereocenters. The first-order valence-electron chi connectivity index (χ1n) is 20.3. The van der Waals surface area contributed by atoms with Crippen molar-refractivity contribution in [3.63, 3.8) is 0 Å². The molecule has 0 aromatic rings. The highest BCUT2D eigenvalue weighted by Gasteiger charge is 2.24. The second-order valence-corrected chi connectivity index (χ2v) is 14.9. The van der Waals surface area contributed by atoms with Gasteiger partial charge in [-0.1, -0.05) is 16.7 Å². The Morgan fingerprint density at radius 2 is 0.852 bits per heavy atom. The van der Waals surface area contributed by atoms with Crippen LogP contribution in [0, 0.1) is 0 Å². The topological polar surface area (TPSA) is 268 Å². The van der Waals surface area contributed by atoms with Crippen molar-refractivity contribution in [3.8, 4) is 0 Å². The van der Waals surface area contributed by atoms with Gasteiger partial charge >= 0.3 is 17.9 Å². The Kier molecular flexibility index (Phi) is 25.2. The van der Waals surface area contributed by atoms with Crippen LogP contribution in [0.3, 0.4) is 0 Å². The summed E-state index contributed by atoms with van der Waals surface area (Å²) in [4.78, 5) is 113. The first-order chi connectivity index (χ1) is 28.7. The Bertz CT molecular complexity index is 1640. The SMILES string of the molecule is CC(=O)NC1CCCN(O)C(=O)C=C(C)CCOC(=O)C(NC(C)=O)CCCN(C)C(=O)C=C(C)CCOC(=O)C(NC(C)=O)CCCN(O)C(=O)C=C(C)CCCOC1=O. The molecule has 1 aliphatic rings. The van der Waals surface area contributed by atoms with Crippen molar-refractivity contribution in [1.82, 2.24) is 31.0 Å². The maximum atomic E-state index is 12.9. The van der Waals surface area contributed by atoms with Gasteiger partial charge in [0, 0.05) is 78.5 Å². The average molecular weight is 865 g/mol. The molecular formula is C41H64N6O14. The zero-order valence-corrected chi connectivity index (χ0v) is 36.4. The van der Waals surface area contributed by atoms with E-state index in [2.05, 4.69) is 16.0 Å². The van der Waals surface area contributed by atoms with Gasteiger partial charge in [0.1, 0.15) is 18.1 Å². The van der Waals surface area contributed by atoms with E-state index in [0.29, 0.717) is 46.1 Å². The third-order valence-electron chi connectivity index (χ3n) is 9.13. The van der Waals surface area contributed by atoms with Crippen molar-refractivity contribution in [3.05, 3.63) is 34.9 Å². The number of hydrogen-bond donors (Lipinski definition) is 5. The van der Waals surface area contributed by atoms with Gasteiger partial charge in [0.25, 0.3) is 11.8 Å². The predicted octanol–water partition coefficient (Wildman–Crippen LogP) is 1.78. The second kappa shape index (κ2) is 28.8. The van der Waals surface area contributed by atoms with E-state index in [1.54, 1.807) is 27.8 Å². The monoisotopic (exact) mass is 864 g/mol. The molecule has 0 radical (unpaired) electrons. The lowest BCUT2D eigenvalue weighted by Crippen LogP contribution is -2.41. The summed E-state index contributed by atoms with van der Waals surface area (Å²) in [5.74, 6) is -5.44. The van der Waals surface area contributed by atoms with Gasteiger partial charge in [-0.2, -0.15) is 0 Å². The maximum absolute atomic E-state index is 12.9. The highest BCUT2D eigenvalue weighted by molar-refractivity contribution is 5.89. The lowest BCUT2D eigenvalue weighted by Gasteiger charge is -2.20.